The van der Waals surface area contributed by atoms with Crippen LogP contribution in [0.15, 0.2) is 108 Å². The van der Waals surface area contributed by atoms with Crippen LogP contribution in [0, 0.1) is 0 Å². The highest BCUT2D eigenvalue weighted by Crippen LogP contribution is 2.17. The maximum atomic E-state index is 12.5. The number of carbonyl (C=O) groups excluding carboxylic acids is 2. The minimum Gasteiger partial charge on any atom is -0.386 e. The van der Waals surface area contributed by atoms with Gasteiger partial charge < -0.3 is 4.74 Å². The number of benzene rings is 2. The quantitative estimate of drug-likeness (QED) is 0.259. The van der Waals surface area contributed by atoms with E-state index in [4.69, 9.17) is 4.74 Å². The van der Waals surface area contributed by atoms with Gasteiger partial charge >= 0.3 is 11.9 Å². The van der Waals surface area contributed by atoms with Crippen molar-refractivity contribution in [2.45, 2.75) is 26.7 Å². The Morgan fingerprint density at radius 1 is 0.724 bits per heavy atom. The standard InChI is InChI=1S/C26H26O3/c1-5-23(17-21-13-9-7-10-14-21)19(3)25(27)29-26(28)20(4)24(6-2)18-22-15-11-8-12-16-22/h5-16H,1-2,17-18H2,3-4H3. The number of esters is 2. The largest absolute Gasteiger partial charge is 0.386 e. The predicted molar refractivity (Wildman–Crippen MR) is 117 cm³/mol. The number of rotatable bonds is 8. The van der Waals surface area contributed by atoms with E-state index in [1.165, 1.54) is 0 Å². The molecule has 0 atom stereocenters. The predicted octanol–water partition coefficient (Wildman–Crippen LogP) is 5.55. The molecular weight excluding hydrogens is 360 g/mol. The van der Waals surface area contributed by atoms with Gasteiger partial charge in [0.05, 0.1) is 0 Å². The highest BCUT2D eigenvalue weighted by atomic mass is 16.6. The third kappa shape index (κ3) is 6.28. The number of ether oxygens (including phenoxy) is 1. The molecule has 0 N–H and O–H groups in total. The number of allylic oxidation sites excluding steroid dienone is 4. The summed E-state index contributed by atoms with van der Waals surface area (Å²) in [5, 5.41) is 0. The smallest absolute Gasteiger partial charge is 0.341 e. The van der Waals surface area contributed by atoms with Gasteiger partial charge in [0, 0.05) is 11.1 Å². The van der Waals surface area contributed by atoms with Gasteiger partial charge in [-0.25, -0.2) is 9.59 Å². The molecule has 29 heavy (non-hydrogen) atoms. The summed E-state index contributed by atoms with van der Waals surface area (Å²) in [5.74, 6) is -1.33. The molecular formula is C26H26O3. The van der Waals surface area contributed by atoms with Gasteiger partial charge in [0.15, 0.2) is 0 Å². The third-order valence-corrected chi connectivity index (χ3v) is 4.73. The summed E-state index contributed by atoms with van der Waals surface area (Å²) >= 11 is 0. The van der Waals surface area contributed by atoms with Gasteiger partial charge in [0.2, 0.25) is 0 Å². The Hall–Kier alpha value is -3.46. The molecule has 3 nitrogen and oxygen atoms in total. The molecule has 2 aromatic carbocycles. The van der Waals surface area contributed by atoms with Gasteiger partial charge in [0.1, 0.15) is 0 Å². The van der Waals surface area contributed by atoms with E-state index in [-0.39, 0.29) is 0 Å². The molecule has 0 radical (unpaired) electrons. The van der Waals surface area contributed by atoms with Crippen molar-refractivity contribution in [2.75, 3.05) is 0 Å². The number of hydrogen-bond acceptors (Lipinski definition) is 3. The van der Waals surface area contributed by atoms with E-state index in [2.05, 4.69) is 13.2 Å². The maximum Gasteiger partial charge on any atom is 0.341 e. The lowest BCUT2D eigenvalue weighted by Crippen LogP contribution is -2.16. The van der Waals surface area contributed by atoms with Crippen LogP contribution < -0.4 is 0 Å². The van der Waals surface area contributed by atoms with Gasteiger partial charge in [-0.15, -0.1) is 0 Å². The van der Waals surface area contributed by atoms with Crippen LogP contribution in [-0.2, 0) is 27.2 Å². The first-order valence-corrected chi connectivity index (χ1v) is 9.45. The van der Waals surface area contributed by atoms with E-state index in [9.17, 15) is 9.59 Å². The second kappa shape index (κ2) is 10.8. The summed E-state index contributed by atoms with van der Waals surface area (Å²) < 4.78 is 5.13. The third-order valence-electron chi connectivity index (χ3n) is 4.73. The van der Waals surface area contributed by atoms with Crippen LogP contribution in [0.2, 0.25) is 0 Å². The van der Waals surface area contributed by atoms with Crippen LogP contribution in [0.3, 0.4) is 0 Å². The lowest BCUT2D eigenvalue weighted by Gasteiger charge is -2.11. The topological polar surface area (TPSA) is 43.4 Å². The molecule has 0 heterocycles. The Labute approximate surface area is 172 Å². The van der Waals surface area contributed by atoms with E-state index in [1.807, 2.05) is 60.7 Å². The first kappa shape index (κ1) is 21.8. The molecule has 0 fully saturated rings. The Morgan fingerprint density at radius 3 is 1.38 bits per heavy atom. The molecule has 0 unspecified atom stereocenters. The fourth-order valence-corrected chi connectivity index (χ4v) is 2.85. The molecule has 2 aromatic rings. The average molecular weight is 386 g/mol. The molecule has 0 amide bonds. The van der Waals surface area contributed by atoms with Crippen LogP contribution in [0.25, 0.3) is 0 Å². The van der Waals surface area contributed by atoms with Crippen molar-refractivity contribution in [1.82, 2.24) is 0 Å². The summed E-state index contributed by atoms with van der Waals surface area (Å²) in [4.78, 5) is 25.0. The molecule has 0 bridgehead atoms. The second-order valence-electron chi connectivity index (χ2n) is 6.71. The Morgan fingerprint density at radius 2 is 1.07 bits per heavy atom. The van der Waals surface area contributed by atoms with Crippen LogP contribution in [-0.4, -0.2) is 11.9 Å². The highest BCUT2D eigenvalue weighted by Gasteiger charge is 2.18. The molecule has 0 saturated heterocycles. The molecule has 0 aliphatic rings. The fourth-order valence-electron chi connectivity index (χ4n) is 2.85. The van der Waals surface area contributed by atoms with E-state index in [1.54, 1.807) is 26.0 Å². The first-order valence-electron chi connectivity index (χ1n) is 9.45. The Bertz CT molecular complexity index is 868. The molecule has 0 saturated carbocycles. The normalized spacial score (nSPS) is 12.3. The summed E-state index contributed by atoms with van der Waals surface area (Å²) in [6.45, 7) is 10.9. The van der Waals surface area contributed by atoms with E-state index < -0.39 is 11.9 Å². The number of hydrogen-bond donors (Lipinski definition) is 0. The second-order valence-corrected chi connectivity index (χ2v) is 6.71. The summed E-state index contributed by atoms with van der Waals surface area (Å²) in [5.41, 5.74) is 4.29. The van der Waals surface area contributed by atoms with Crippen LogP contribution in [0.1, 0.15) is 25.0 Å². The van der Waals surface area contributed by atoms with Gasteiger partial charge in [-0.2, -0.15) is 0 Å². The highest BCUT2D eigenvalue weighted by molar-refractivity contribution is 6.02. The molecule has 0 aliphatic carbocycles. The van der Waals surface area contributed by atoms with Crippen molar-refractivity contribution < 1.29 is 14.3 Å². The molecule has 0 aliphatic heterocycles. The minimum atomic E-state index is -0.664. The van der Waals surface area contributed by atoms with Gasteiger partial charge in [0.25, 0.3) is 0 Å². The molecule has 0 aromatic heterocycles. The van der Waals surface area contributed by atoms with Crippen LogP contribution >= 0.6 is 0 Å². The van der Waals surface area contributed by atoms with Crippen molar-refractivity contribution in [2.24, 2.45) is 0 Å². The van der Waals surface area contributed by atoms with Crippen molar-refractivity contribution in [3.63, 3.8) is 0 Å². The maximum absolute atomic E-state index is 12.5. The summed E-state index contributed by atoms with van der Waals surface area (Å²) in [6.07, 6.45) is 4.34. The SMILES string of the molecule is C=CC(Cc1ccccc1)=C(C)C(=O)OC(=O)C(C)=C(C=C)Cc1ccccc1. The van der Waals surface area contributed by atoms with Crippen molar-refractivity contribution in [3.8, 4) is 0 Å². The van der Waals surface area contributed by atoms with Crippen molar-refractivity contribution in [1.29, 1.82) is 0 Å². The molecule has 148 valence electrons. The van der Waals surface area contributed by atoms with Crippen LogP contribution in [0.5, 0.6) is 0 Å². The first-order chi connectivity index (χ1) is 14.0. The Kier molecular flexibility index (Phi) is 8.11. The zero-order chi connectivity index (χ0) is 21.2. The van der Waals surface area contributed by atoms with E-state index in [0.29, 0.717) is 24.0 Å². The molecule has 0 spiro atoms. The minimum absolute atomic E-state index is 0.369. The molecule has 2 rings (SSSR count). The average Bonchev–Trinajstić information content (AvgIpc) is 2.76. The van der Waals surface area contributed by atoms with Gasteiger partial charge in [-0.05, 0) is 49.0 Å². The van der Waals surface area contributed by atoms with Crippen molar-refractivity contribution >= 4 is 11.9 Å². The zero-order valence-electron chi connectivity index (χ0n) is 17.0. The van der Waals surface area contributed by atoms with Gasteiger partial charge in [-0.1, -0.05) is 86.0 Å². The summed E-state index contributed by atoms with van der Waals surface area (Å²) in [7, 11) is 0. The summed E-state index contributed by atoms with van der Waals surface area (Å²) in [6, 6.07) is 19.5. The Balaban J connectivity index is 2.15. The van der Waals surface area contributed by atoms with Crippen molar-refractivity contribution in [3.05, 3.63) is 119 Å². The molecule has 3 heteroatoms. The lowest BCUT2D eigenvalue weighted by atomic mass is 10.00. The van der Waals surface area contributed by atoms with E-state index in [0.717, 1.165) is 22.3 Å². The monoisotopic (exact) mass is 386 g/mol. The zero-order valence-corrected chi connectivity index (χ0v) is 17.0. The lowest BCUT2D eigenvalue weighted by molar-refractivity contribution is -0.154. The fraction of sp³-hybridized carbons (Fsp3) is 0.154. The van der Waals surface area contributed by atoms with E-state index >= 15 is 0 Å². The number of carbonyl (C=O) groups is 2. The van der Waals surface area contributed by atoms with Gasteiger partial charge in [-0.3, -0.25) is 0 Å². The van der Waals surface area contributed by atoms with Crippen LogP contribution in [0.4, 0.5) is 0 Å².